The third-order valence-corrected chi connectivity index (χ3v) is 7.79. The SMILES string of the molecule is Cc1ccc(C(C)(C)N2CC[C@](CCc3cccs3)([C@@H]3CCCO3)C2)cn1. The van der Waals surface area contributed by atoms with Gasteiger partial charge in [-0.05, 0) is 82.5 Å². The second-order valence-electron chi connectivity index (χ2n) is 8.86. The Hall–Kier alpha value is -1.23. The fraction of sp³-hybridized carbons (Fsp3) is 0.609. The highest BCUT2D eigenvalue weighted by molar-refractivity contribution is 7.09. The van der Waals surface area contributed by atoms with Gasteiger partial charge in [0, 0.05) is 40.9 Å². The molecule has 2 aromatic heterocycles. The lowest BCUT2D eigenvalue weighted by Gasteiger charge is -2.40. The Bertz CT molecular complexity index is 734. The smallest absolute Gasteiger partial charge is 0.0645 e. The molecule has 2 aliphatic heterocycles. The summed E-state index contributed by atoms with van der Waals surface area (Å²) in [5, 5.41) is 2.20. The van der Waals surface area contributed by atoms with Crippen molar-refractivity contribution in [3.05, 3.63) is 52.0 Å². The molecule has 4 heteroatoms. The van der Waals surface area contributed by atoms with Crippen LogP contribution in [0.25, 0.3) is 0 Å². The molecule has 0 spiro atoms. The Balaban J connectivity index is 1.54. The van der Waals surface area contributed by atoms with Crippen LogP contribution in [0.4, 0.5) is 0 Å². The van der Waals surface area contributed by atoms with Crippen LogP contribution in [0.3, 0.4) is 0 Å². The lowest BCUT2D eigenvalue weighted by atomic mass is 9.75. The van der Waals surface area contributed by atoms with Crippen LogP contribution in [0, 0.1) is 12.3 Å². The number of pyridine rings is 1. The van der Waals surface area contributed by atoms with E-state index in [1.54, 1.807) is 0 Å². The van der Waals surface area contributed by atoms with Crippen molar-refractivity contribution in [1.29, 1.82) is 0 Å². The zero-order valence-corrected chi connectivity index (χ0v) is 17.7. The molecule has 2 fully saturated rings. The van der Waals surface area contributed by atoms with E-state index in [2.05, 4.69) is 66.5 Å². The fourth-order valence-corrected chi connectivity index (χ4v) is 5.61. The number of thiophene rings is 1. The topological polar surface area (TPSA) is 25.4 Å². The first kappa shape index (κ1) is 19.1. The molecule has 0 saturated carbocycles. The minimum absolute atomic E-state index is 0.00395. The number of hydrogen-bond acceptors (Lipinski definition) is 4. The van der Waals surface area contributed by atoms with Gasteiger partial charge in [-0.2, -0.15) is 0 Å². The second-order valence-corrected chi connectivity index (χ2v) is 9.89. The van der Waals surface area contributed by atoms with E-state index in [-0.39, 0.29) is 11.0 Å². The molecule has 0 radical (unpaired) electrons. The standard InChI is InChI=1S/C23H32N2OS/c1-18-8-9-19(16-24-18)22(2,3)25-13-12-23(17-25,21-7-4-14-26-21)11-10-20-6-5-15-27-20/h5-6,8-9,15-16,21H,4,7,10-14,17H2,1-3H3/t21-,23-/m0/s1. The number of likely N-dealkylation sites (tertiary alicyclic amines) is 1. The summed E-state index contributed by atoms with van der Waals surface area (Å²) < 4.78 is 6.26. The van der Waals surface area contributed by atoms with Crippen LogP contribution in [0.1, 0.15) is 55.7 Å². The molecule has 0 bridgehead atoms. The monoisotopic (exact) mass is 384 g/mol. The first-order valence-corrected chi connectivity index (χ1v) is 11.2. The quantitative estimate of drug-likeness (QED) is 0.685. The summed E-state index contributed by atoms with van der Waals surface area (Å²) >= 11 is 1.89. The first-order valence-electron chi connectivity index (χ1n) is 10.3. The van der Waals surface area contributed by atoms with E-state index in [0.717, 1.165) is 25.4 Å². The second kappa shape index (κ2) is 7.65. The summed E-state index contributed by atoms with van der Waals surface area (Å²) in [5.74, 6) is 0. The van der Waals surface area contributed by atoms with Crippen LogP contribution in [0.2, 0.25) is 0 Å². The van der Waals surface area contributed by atoms with Gasteiger partial charge in [0.2, 0.25) is 0 Å². The molecular weight excluding hydrogens is 352 g/mol. The van der Waals surface area contributed by atoms with Crippen molar-refractivity contribution in [2.45, 2.75) is 64.5 Å². The highest BCUT2D eigenvalue weighted by Gasteiger charge is 2.49. The van der Waals surface area contributed by atoms with Gasteiger partial charge >= 0.3 is 0 Å². The zero-order valence-electron chi connectivity index (χ0n) is 16.9. The van der Waals surface area contributed by atoms with E-state index in [0.29, 0.717) is 6.10 Å². The van der Waals surface area contributed by atoms with E-state index in [1.807, 2.05) is 11.3 Å². The highest BCUT2D eigenvalue weighted by Crippen LogP contribution is 2.47. The van der Waals surface area contributed by atoms with Gasteiger partial charge in [0.25, 0.3) is 0 Å². The molecule has 0 aromatic carbocycles. The average Bonchev–Trinajstić information content (AvgIpc) is 3.41. The molecule has 4 rings (SSSR count). The Morgan fingerprint density at radius 2 is 2.22 bits per heavy atom. The van der Waals surface area contributed by atoms with Crippen molar-refractivity contribution < 1.29 is 4.74 Å². The third kappa shape index (κ3) is 3.85. The highest BCUT2D eigenvalue weighted by atomic mass is 32.1. The van der Waals surface area contributed by atoms with Crippen molar-refractivity contribution in [2.24, 2.45) is 5.41 Å². The molecule has 0 amide bonds. The lowest BCUT2D eigenvalue weighted by Crippen LogP contribution is -2.44. The molecule has 146 valence electrons. The zero-order chi connectivity index (χ0) is 18.9. The molecule has 0 unspecified atom stereocenters. The van der Waals surface area contributed by atoms with Crippen LogP contribution in [-0.2, 0) is 16.7 Å². The number of ether oxygens (including phenoxy) is 1. The van der Waals surface area contributed by atoms with Crippen LogP contribution in [0.15, 0.2) is 35.8 Å². The van der Waals surface area contributed by atoms with Crippen LogP contribution in [0.5, 0.6) is 0 Å². The molecule has 2 aromatic rings. The van der Waals surface area contributed by atoms with Crippen LogP contribution in [-0.4, -0.2) is 35.7 Å². The van der Waals surface area contributed by atoms with E-state index in [9.17, 15) is 0 Å². The van der Waals surface area contributed by atoms with Gasteiger partial charge in [0.15, 0.2) is 0 Å². The Kier molecular flexibility index (Phi) is 5.41. The van der Waals surface area contributed by atoms with Gasteiger partial charge in [0.1, 0.15) is 0 Å². The Morgan fingerprint density at radius 3 is 2.89 bits per heavy atom. The normalized spacial score (nSPS) is 26.7. The maximum absolute atomic E-state index is 6.26. The molecule has 0 aliphatic carbocycles. The van der Waals surface area contributed by atoms with E-state index in [1.165, 1.54) is 42.5 Å². The van der Waals surface area contributed by atoms with Crippen LogP contribution >= 0.6 is 11.3 Å². The van der Waals surface area contributed by atoms with Gasteiger partial charge < -0.3 is 4.74 Å². The predicted molar refractivity (Wildman–Crippen MR) is 112 cm³/mol. The maximum Gasteiger partial charge on any atom is 0.0645 e. The summed E-state index contributed by atoms with van der Waals surface area (Å²) in [6, 6.07) is 8.84. The van der Waals surface area contributed by atoms with E-state index >= 15 is 0 Å². The summed E-state index contributed by atoms with van der Waals surface area (Å²) in [4.78, 5) is 8.73. The number of rotatable bonds is 6. The van der Waals surface area contributed by atoms with Crippen molar-refractivity contribution in [3.8, 4) is 0 Å². The number of aromatic nitrogens is 1. The molecule has 2 saturated heterocycles. The molecule has 4 heterocycles. The van der Waals surface area contributed by atoms with Crippen molar-refractivity contribution in [2.75, 3.05) is 19.7 Å². The summed E-state index contributed by atoms with van der Waals surface area (Å²) in [5.41, 5.74) is 2.69. The fourth-order valence-electron chi connectivity index (χ4n) is 4.90. The molecule has 2 atom stereocenters. The van der Waals surface area contributed by atoms with Gasteiger partial charge in [0.05, 0.1) is 6.10 Å². The van der Waals surface area contributed by atoms with Crippen LogP contribution < -0.4 is 0 Å². The minimum Gasteiger partial charge on any atom is -0.378 e. The Labute approximate surface area is 167 Å². The number of hydrogen-bond donors (Lipinski definition) is 0. The average molecular weight is 385 g/mol. The van der Waals surface area contributed by atoms with Gasteiger partial charge in [-0.1, -0.05) is 12.1 Å². The number of aryl methyl sites for hydroxylation is 2. The van der Waals surface area contributed by atoms with Gasteiger partial charge in [-0.15, -0.1) is 11.3 Å². The third-order valence-electron chi connectivity index (χ3n) is 6.86. The van der Waals surface area contributed by atoms with Crippen molar-refractivity contribution in [3.63, 3.8) is 0 Å². The minimum atomic E-state index is 0.00395. The largest absolute Gasteiger partial charge is 0.378 e. The summed E-state index contributed by atoms with van der Waals surface area (Å²) in [6.45, 7) is 9.97. The van der Waals surface area contributed by atoms with Crippen molar-refractivity contribution >= 4 is 11.3 Å². The Morgan fingerprint density at radius 1 is 1.33 bits per heavy atom. The lowest BCUT2D eigenvalue weighted by molar-refractivity contribution is -0.00823. The molecule has 0 N–H and O–H groups in total. The number of nitrogens with zero attached hydrogens (tertiary/aromatic N) is 2. The molecule has 3 nitrogen and oxygen atoms in total. The van der Waals surface area contributed by atoms with Gasteiger partial charge in [-0.3, -0.25) is 9.88 Å². The van der Waals surface area contributed by atoms with E-state index in [4.69, 9.17) is 4.74 Å². The maximum atomic E-state index is 6.26. The van der Waals surface area contributed by atoms with Gasteiger partial charge in [-0.25, -0.2) is 0 Å². The van der Waals surface area contributed by atoms with Crippen molar-refractivity contribution in [1.82, 2.24) is 9.88 Å². The van der Waals surface area contributed by atoms with E-state index < -0.39 is 0 Å². The molecule has 2 aliphatic rings. The first-order chi connectivity index (χ1) is 13.0. The molecular formula is C23H32N2OS. The summed E-state index contributed by atoms with van der Waals surface area (Å²) in [7, 11) is 0. The predicted octanol–water partition coefficient (Wildman–Crippen LogP) is 5.19. The summed E-state index contributed by atoms with van der Waals surface area (Å²) in [6.07, 6.45) is 8.59. The molecule has 27 heavy (non-hydrogen) atoms.